The molecular formula is C4H6F2N2O. The van der Waals surface area contributed by atoms with Gasteiger partial charge in [0.2, 0.25) is 0 Å². The van der Waals surface area contributed by atoms with Crippen LogP contribution in [0.3, 0.4) is 0 Å². The first-order chi connectivity index (χ1) is 4.02. The van der Waals surface area contributed by atoms with E-state index < -0.39 is 18.0 Å². The number of nitrogens with two attached hydrogens (primary N) is 1. The van der Waals surface area contributed by atoms with E-state index in [-0.39, 0.29) is 6.42 Å². The zero-order valence-corrected chi connectivity index (χ0v) is 4.53. The molecule has 1 aliphatic rings. The average Bonchev–Trinajstić information content (AvgIpc) is 2.10. The fourth-order valence-corrected chi connectivity index (χ4v) is 0.542. The minimum absolute atomic E-state index is 0.282. The molecule has 1 fully saturated rings. The third-order valence-electron chi connectivity index (χ3n) is 1.14. The lowest BCUT2D eigenvalue weighted by atomic mass is 10.7. The number of rotatable bonds is 1. The van der Waals surface area contributed by atoms with E-state index in [0.29, 0.717) is 0 Å². The van der Waals surface area contributed by atoms with E-state index in [0.717, 1.165) is 0 Å². The molecular weight excluding hydrogens is 130 g/mol. The lowest BCUT2D eigenvalue weighted by molar-refractivity contribution is 0.108. The SMILES string of the molecule is NC(=O)N[C@@H]1CC1(F)F. The third kappa shape index (κ3) is 1.28. The van der Waals surface area contributed by atoms with Crippen molar-refractivity contribution in [2.75, 3.05) is 0 Å². The molecule has 0 aromatic carbocycles. The highest BCUT2D eigenvalue weighted by Crippen LogP contribution is 2.41. The minimum Gasteiger partial charge on any atom is -0.352 e. The number of carbonyl (C=O) groups excluding carboxylic acids is 1. The Morgan fingerprint density at radius 2 is 2.22 bits per heavy atom. The molecule has 3 N–H and O–H groups in total. The van der Waals surface area contributed by atoms with Crippen molar-refractivity contribution in [2.24, 2.45) is 5.73 Å². The van der Waals surface area contributed by atoms with Crippen molar-refractivity contribution in [2.45, 2.75) is 18.4 Å². The molecule has 0 saturated heterocycles. The van der Waals surface area contributed by atoms with Crippen LogP contribution in [0.15, 0.2) is 0 Å². The second-order valence-electron chi connectivity index (χ2n) is 2.03. The molecule has 1 aliphatic carbocycles. The quantitative estimate of drug-likeness (QED) is 0.526. The first kappa shape index (κ1) is 6.25. The van der Waals surface area contributed by atoms with Gasteiger partial charge in [-0.2, -0.15) is 0 Å². The van der Waals surface area contributed by atoms with Crippen LogP contribution >= 0.6 is 0 Å². The van der Waals surface area contributed by atoms with Crippen LogP contribution in [-0.2, 0) is 0 Å². The number of carbonyl (C=O) groups is 1. The average molecular weight is 136 g/mol. The number of hydrogen-bond donors (Lipinski definition) is 2. The number of urea groups is 1. The topological polar surface area (TPSA) is 55.1 Å². The van der Waals surface area contributed by atoms with Crippen LogP contribution in [0.5, 0.6) is 0 Å². The molecule has 1 rings (SSSR count). The Bertz CT molecular complexity index is 148. The Balaban J connectivity index is 2.28. The molecule has 0 heterocycles. The van der Waals surface area contributed by atoms with Crippen molar-refractivity contribution in [3.8, 4) is 0 Å². The van der Waals surface area contributed by atoms with Gasteiger partial charge >= 0.3 is 6.03 Å². The van der Waals surface area contributed by atoms with Crippen molar-refractivity contribution >= 4 is 6.03 Å². The Hall–Kier alpha value is -0.870. The van der Waals surface area contributed by atoms with E-state index in [1.165, 1.54) is 0 Å². The molecule has 2 amide bonds. The Kier molecular flexibility index (Phi) is 1.08. The standard InChI is InChI=1S/C4H6F2N2O/c5-4(6)1-2(4)8-3(7)9/h2H,1H2,(H3,7,8,9)/t2-/m1/s1. The highest BCUT2D eigenvalue weighted by atomic mass is 19.3. The lowest BCUT2D eigenvalue weighted by Crippen LogP contribution is -2.33. The first-order valence-corrected chi connectivity index (χ1v) is 2.46. The summed E-state index contributed by atoms with van der Waals surface area (Å²) in [5.41, 5.74) is 4.57. The monoisotopic (exact) mass is 136 g/mol. The van der Waals surface area contributed by atoms with Crippen molar-refractivity contribution in [1.82, 2.24) is 5.32 Å². The summed E-state index contributed by atoms with van der Waals surface area (Å²) < 4.78 is 23.8. The molecule has 9 heavy (non-hydrogen) atoms. The van der Waals surface area contributed by atoms with Gasteiger partial charge < -0.3 is 11.1 Å². The van der Waals surface area contributed by atoms with Crippen molar-refractivity contribution in [3.63, 3.8) is 0 Å². The summed E-state index contributed by atoms with van der Waals surface area (Å²) >= 11 is 0. The maximum absolute atomic E-state index is 11.9. The Morgan fingerprint density at radius 1 is 1.78 bits per heavy atom. The smallest absolute Gasteiger partial charge is 0.312 e. The van der Waals surface area contributed by atoms with Gasteiger partial charge in [-0.25, -0.2) is 13.6 Å². The third-order valence-corrected chi connectivity index (χ3v) is 1.14. The fraction of sp³-hybridized carbons (Fsp3) is 0.750. The van der Waals surface area contributed by atoms with Gasteiger partial charge in [0, 0.05) is 6.42 Å². The van der Waals surface area contributed by atoms with Gasteiger partial charge in [0.05, 0.1) is 0 Å². The second kappa shape index (κ2) is 1.55. The van der Waals surface area contributed by atoms with Crippen LogP contribution in [0.1, 0.15) is 6.42 Å². The molecule has 0 unspecified atom stereocenters. The molecule has 1 atom stereocenters. The maximum Gasteiger partial charge on any atom is 0.312 e. The van der Waals surface area contributed by atoms with E-state index in [2.05, 4.69) is 5.73 Å². The Labute approximate surface area is 50.2 Å². The van der Waals surface area contributed by atoms with Crippen molar-refractivity contribution < 1.29 is 13.6 Å². The van der Waals surface area contributed by atoms with Crippen molar-refractivity contribution in [1.29, 1.82) is 0 Å². The largest absolute Gasteiger partial charge is 0.352 e. The molecule has 1 saturated carbocycles. The highest BCUT2D eigenvalue weighted by molar-refractivity contribution is 5.72. The molecule has 0 spiro atoms. The van der Waals surface area contributed by atoms with E-state index >= 15 is 0 Å². The van der Waals surface area contributed by atoms with Crippen LogP contribution in [0.4, 0.5) is 13.6 Å². The molecule has 3 nitrogen and oxygen atoms in total. The second-order valence-corrected chi connectivity index (χ2v) is 2.03. The summed E-state index contributed by atoms with van der Waals surface area (Å²) in [4.78, 5) is 9.92. The van der Waals surface area contributed by atoms with Crippen LogP contribution in [-0.4, -0.2) is 18.0 Å². The van der Waals surface area contributed by atoms with Gasteiger partial charge in [0.15, 0.2) is 0 Å². The summed E-state index contributed by atoms with van der Waals surface area (Å²) in [6.45, 7) is 0. The van der Waals surface area contributed by atoms with Crippen LogP contribution in [0.25, 0.3) is 0 Å². The molecule has 0 bridgehead atoms. The lowest BCUT2D eigenvalue weighted by Gasteiger charge is -1.95. The van der Waals surface area contributed by atoms with E-state index in [1.54, 1.807) is 0 Å². The Morgan fingerprint density at radius 3 is 2.33 bits per heavy atom. The van der Waals surface area contributed by atoms with E-state index in [4.69, 9.17) is 0 Å². The number of alkyl halides is 2. The van der Waals surface area contributed by atoms with Gasteiger partial charge in [-0.3, -0.25) is 0 Å². The molecule has 52 valence electrons. The number of hydrogen-bond acceptors (Lipinski definition) is 1. The van der Waals surface area contributed by atoms with Gasteiger partial charge in [0.25, 0.3) is 5.92 Å². The fourth-order valence-electron chi connectivity index (χ4n) is 0.542. The predicted octanol–water partition coefficient (Wildman–Crippen LogP) is 0.0623. The van der Waals surface area contributed by atoms with Gasteiger partial charge in [-0.05, 0) is 0 Å². The summed E-state index contributed by atoms with van der Waals surface area (Å²) in [7, 11) is 0. The molecule has 0 aromatic rings. The molecule has 0 aliphatic heterocycles. The normalized spacial score (nSPS) is 29.3. The predicted molar refractivity (Wildman–Crippen MR) is 26.1 cm³/mol. The number of nitrogens with one attached hydrogen (secondary N) is 1. The summed E-state index contributed by atoms with van der Waals surface area (Å²) in [5, 5.41) is 1.90. The number of primary amides is 1. The van der Waals surface area contributed by atoms with Gasteiger partial charge in [-0.1, -0.05) is 0 Å². The van der Waals surface area contributed by atoms with E-state index in [9.17, 15) is 13.6 Å². The van der Waals surface area contributed by atoms with Crippen LogP contribution < -0.4 is 11.1 Å². The summed E-state index contributed by atoms with van der Waals surface area (Å²) in [6.07, 6.45) is -0.282. The maximum atomic E-state index is 11.9. The van der Waals surface area contributed by atoms with Crippen LogP contribution in [0, 0.1) is 0 Å². The molecule has 0 radical (unpaired) electrons. The van der Waals surface area contributed by atoms with Crippen LogP contribution in [0.2, 0.25) is 0 Å². The first-order valence-electron chi connectivity index (χ1n) is 2.46. The van der Waals surface area contributed by atoms with Crippen molar-refractivity contribution in [3.05, 3.63) is 0 Å². The molecule has 0 aromatic heterocycles. The van der Waals surface area contributed by atoms with Gasteiger partial charge in [-0.15, -0.1) is 0 Å². The number of halogens is 2. The molecule has 5 heteroatoms. The summed E-state index contributed by atoms with van der Waals surface area (Å²) in [5.74, 6) is -2.71. The number of amides is 2. The summed E-state index contributed by atoms with van der Waals surface area (Å²) in [6, 6.07) is -1.91. The zero-order chi connectivity index (χ0) is 7.07. The van der Waals surface area contributed by atoms with Gasteiger partial charge in [0.1, 0.15) is 6.04 Å². The minimum atomic E-state index is -2.71. The zero-order valence-electron chi connectivity index (χ0n) is 4.53. The highest BCUT2D eigenvalue weighted by Gasteiger charge is 2.57. The van der Waals surface area contributed by atoms with E-state index in [1.807, 2.05) is 5.32 Å².